The molecule has 0 amide bonds. The first-order valence-corrected chi connectivity index (χ1v) is 7.90. The molecular formula is C16H17F3N4O3. The molecule has 0 spiro atoms. The van der Waals surface area contributed by atoms with E-state index < -0.39 is 11.7 Å². The van der Waals surface area contributed by atoms with E-state index >= 15 is 0 Å². The summed E-state index contributed by atoms with van der Waals surface area (Å²) < 4.78 is 38.3. The Balaban J connectivity index is 0.000000613. The van der Waals surface area contributed by atoms with Gasteiger partial charge in [-0.05, 0) is 31.7 Å². The monoisotopic (exact) mass is 370 g/mol. The fourth-order valence-corrected chi connectivity index (χ4v) is 3.70. The molecule has 3 N–H and O–H groups in total. The van der Waals surface area contributed by atoms with Crippen molar-refractivity contribution in [3.63, 3.8) is 0 Å². The maximum atomic E-state index is 12.8. The minimum Gasteiger partial charge on any atom is -0.483 e. The number of carboxylic acid groups (broad SMARTS) is 1. The second-order valence-electron chi connectivity index (χ2n) is 6.31. The van der Waals surface area contributed by atoms with Gasteiger partial charge in [-0.25, -0.2) is 0 Å². The zero-order valence-corrected chi connectivity index (χ0v) is 13.7. The molecule has 3 heterocycles. The van der Waals surface area contributed by atoms with Crippen LogP contribution in [0.5, 0.6) is 0 Å². The van der Waals surface area contributed by atoms with Gasteiger partial charge in [-0.15, -0.1) is 0 Å². The quantitative estimate of drug-likeness (QED) is 0.548. The third-order valence-corrected chi connectivity index (χ3v) is 4.93. The number of fused-ring (bicyclic) bond motifs is 3. The highest BCUT2D eigenvalue weighted by atomic mass is 19.4. The highest BCUT2D eigenvalue weighted by Gasteiger charge is 2.48. The summed E-state index contributed by atoms with van der Waals surface area (Å²) in [6.45, 7) is 0.612. The van der Waals surface area contributed by atoms with Gasteiger partial charge in [-0.3, -0.25) is 19.6 Å². The number of carbonyl (C=O) groups is 2. The van der Waals surface area contributed by atoms with E-state index in [2.05, 4.69) is 15.5 Å². The van der Waals surface area contributed by atoms with Gasteiger partial charge in [-0.1, -0.05) is 0 Å². The minimum atomic E-state index is -4.42. The summed E-state index contributed by atoms with van der Waals surface area (Å²) in [7, 11) is 1.91. The summed E-state index contributed by atoms with van der Waals surface area (Å²) in [6.07, 6.45) is -3.51. The summed E-state index contributed by atoms with van der Waals surface area (Å²) >= 11 is 0. The Morgan fingerprint density at radius 3 is 2.69 bits per heavy atom. The van der Waals surface area contributed by atoms with E-state index in [1.54, 1.807) is 0 Å². The van der Waals surface area contributed by atoms with Gasteiger partial charge in [0.1, 0.15) is 5.69 Å². The number of likely N-dealkylation sites (tertiary alicyclic amines) is 1. The molecule has 1 aromatic carbocycles. The van der Waals surface area contributed by atoms with Crippen molar-refractivity contribution in [2.45, 2.75) is 30.7 Å². The highest BCUT2D eigenvalue weighted by Crippen LogP contribution is 2.33. The average Bonchev–Trinajstić information content (AvgIpc) is 3.27. The van der Waals surface area contributed by atoms with Crippen molar-refractivity contribution < 1.29 is 27.9 Å². The second-order valence-corrected chi connectivity index (χ2v) is 6.31. The number of ketones is 1. The van der Waals surface area contributed by atoms with Crippen LogP contribution in [0.4, 0.5) is 13.2 Å². The molecule has 0 saturated carbocycles. The lowest BCUT2D eigenvalue weighted by molar-refractivity contribution is -0.137. The number of Topliss-reactive ketones (excluding diaryl/α,β-unsaturated/α-hetero) is 1. The van der Waals surface area contributed by atoms with E-state index in [0.29, 0.717) is 11.4 Å². The van der Waals surface area contributed by atoms with Crippen molar-refractivity contribution in [2.24, 2.45) is 0 Å². The zero-order chi connectivity index (χ0) is 19.1. The van der Waals surface area contributed by atoms with Crippen LogP contribution < -0.4 is 5.32 Å². The van der Waals surface area contributed by atoms with E-state index in [-0.39, 0.29) is 35.5 Å². The lowest BCUT2D eigenvalue weighted by Gasteiger charge is -2.30. The van der Waals surface area contributed by atoms with Crippen LogP contribution in [0.25, 0.3) is 10.9 Å². The fraction of sp³-hybridized carbons (Fsp3) is 0.438. The second kappa shape index (κ2) is 6.69. The Morgan fingerprint density at radius 1 is 1.42 bits per heavy atom. The maximum absolute atomic E-state index is 12.8. The molecule has 2 bridgehead atoms. The molecule has 2 fully saturated rings. The van der Waals surface area contributed by atoms with Gasteiger partial charge < -0.3 is 10.4 Å². The van der Waals surface area contributed by atoms with Crippen LogP contribution in [0, 0.1) is 0 Å². The summed E-state index contributed by atoms with van der Waals surface area (Å²) in [5, 5.41) is 17.2. The van der Waals surface area contributed by atoms with Crippen LogP contribution >= 0.6 is 0 Å². The van der Waals surface area contributed by atoms with Crippen molar-refractivity contribution in [2.75, 3.05) is 13.6 Å². The van der Waals surface area contributed by atoms with Gasteiger partial charge in [0.2, 0.25) is 5.78 Å². The third-order valence-electron chi connectivity index (χ3n) is 4.93. The third kappa shape index (κ3) is 3.06. The fourth-order valence-electron chi connectivity index (χ4n) is 3.70. The number of likely N-dealkylation sites (N-methyl/N-ethyl adjacent to an activating group) is 1. The predicted octanol–water partition coefficient (Wildman–Crippen LogP) is 1.51. The molecule has 0 aliphatic carbocycles. The molecule has 2 aliphatic heterocycles. The molecule has 2 aliphatic rings. The smallest absolute Gasteiger partial charge is 0.416 e. The first-order valence-electron chi connectivity index (χ1n) is 7.90. The molecule has 1 unspecified atom stereocenters. The number of nitrogens with one attached hydrogen (secondary N) is 2. The Labute approximate surface area is 146 Å². The summed E-state index contributed by atoms with van der Waals surface area (Å²) in [5.74, 6) is -0.154. The topological polar surface area (TPSA) is 98.3 Å². The van der Waals surface area contributed by atoms with Crippen LogP contribution in [0.15, 0.2) is 18.2 Å². The summed E-state index contributed by atoms with van der Waals surface area (Å²) in [5.41, 5.74) is -0.326. The maximum Gasteiger partial charge on any atom is 0.416 e. The van der Waals surface area contributed by atoms with Gasteiger partial charge >= 0.3 is 6.18 Å². The van der Waals surface area contributed by atoms with Crippen LogP contribution in [-0.4, -0.2) is 64.2 Å². The molecule has 2 aromatic rings. The number of aromatic amines is 1. The Morgan fingerprint density at radius 2 is 2.12 bits per heavy atom. The van der Waals surface area contributed by atoms with E-state index in [1.165, 1.54) is 6.07 Å². The van der Waals surface area contributed by atoms with Crippen LogP contribution in [0.3, 0.4) is 0 Å². The van der Waals surface area contributed by atoms with Crippen molar-refractivity contribution in [3.05, 3.63) is 29.5 Å². The minimum absolute atomic E-state index is 0.0821. The predicted molar refractivity (Wildman–Crippen MR) is 85.9 cm³/mol. The number of halogens is 3. The Kier molecular flexibility index (Phi) is 4.72. The van der Waals surface area contributed by atoms with E-state index in [1.807, 2.05) is 11.9 Å². The molecule has 1 aromatic heterocycles. The Hall–Kier alpha value is -2.46. The first kappa shape index (κ1) is 18.3. The van der Waals surface area contributed by atoms with E-state index in [4.69, 9.17) is 9.90 Å². The van der Waals surface area contributed by atoms with Gasteiger partial charge in [0.05, 0.1) is 17.1 Å². The largest absolute Gasteiger partial charge is 0.483 e. The van der Waals surface area contributed by atoms with Crippen molar-refractivity contribution in [1.29, 1.82) is 0 Å². The molecule has 0 radical (unpaired) electrons. The number of hydrogen-bond acceptors (Lipinski definition) is 5. The van der Waals surface area contributed by atoms with Gasteiger partial charge in [0.15, 0.2) is 0 Å². The van der Waals surface area contributed by atoms with E-state index in [9.17, 15) is 18.0 Å². The standard InChI is InChI=1S/C15H15F3N4O.CH2O2/c1-22-8-5-11(19-6-8)13(22)14(23)12-9-3-2-7(15(16,17)18)4-10(9)20-21-12;2-1-3/h2-4,8,11,13,19H,5-6H2,1H3,(H,20,21);1H,(H,2,3)/t8-,11+,13?;/m0./s1. The number of hydrogen-bond donors (Lipinski definition) is 3. The summed E-state index contributed by atoms with van der Waals surface area (Å²) in [6, 6.07) is 3.38. The van der Waals surface area contributed by atoms with Crippen molar-refractivity contribution >= 4 is 23.2 Å². The number of benzene rings is 1. The molecule has 2 saturated heterocycles. The van der Waals surface area contributed by atoms with Crippen LogP contribution in [0.1, 0.15) is 22.5 Å². The number of rotatable bonds is 2. The molecule has 10 heteroatoms. The van der Waals surface area contributed by atoms with Gasteiger partial charge in [0.25, 0.3) is 6.47 Å². The molecule has 4 rings (SSSR count). The van der Waals surface area contributed by atoms with Crippen molar-refractivity contribution in [1.82, 2.24) is 20.4 Å². The lowest BCUT2D eigenvalue weighted by Crippen LogP contribution is -2.53. The number of H-pyrrole nitrogens is 1. The molecule has 7 nitrogen and oxygen atoms in total. The van der Waals surface area contributed by atoms with Gasteiger partial charge in [-0.2, -0.15) is 18.3 Å². The summed E-state index contributed by atoms with van der Waals surface area (Å²) in [4.78, 5) is 23.2. The first-order chi connectivity index (χ1) is 12.3. The normalized spacial score (nSPS) is 25.2. The number of nitrogens with zero attached hydrogens (tertiary/aromatic N) is 2. The molecule has 26 heavy (non-hydrogen) atoms. The number of aromatic nitrogens is 2. The van der Waals surface area contributed by atoms with E-state index in [0.717, 1.165) is 25.1 Å². The van der Waals surface area contributed by atoms with Gasteiger partial charge in [0, 0.05) is 24.0 Å². The Bertz CT molecular complexity index is 834. The SMILES string of the molecule is CN1C(C(=O)c2n[nH]c3cc(C(F)(F)F)ccc23)[C@H]2C[C@H]1CN2.O=CO. The average molecular weight is 370 g/mol. The molecule has 140 valence electrons. The number of carbonyl (C=O) groups excluding carboxylic acids is 1. The molecular weight excluding hydrogens is 353 g/mol. The zero-order valence-electron chi connectivity index (χ0n) is 13.7. The molecule has 3 atom stereocenters. The van der Waals surface area contributed by atoms with Crippen LogP contribution in [-0.2, 0) is 11.0 Å². The van der Waals surface area contributed by atoms with Crippen molar-refractivity contribution in [3.8, 4) is 0 Å². The number of alkyl halides is 3. The lowest BCUT2D eigenvalue weighted by atomic mass is 10.0. The number of piperazine rings is 1. The highest BCUT2D eigenvalue weighted by molar-refractivity contribution is 6.09. The van der Waals surface area contributed by atoms with Crippen LogP contribution in [0.2, 0.25) is 0 Å².